The Balaban J connectivity index is 2.00. The van der Waals surface area contributed by atoms with Gasteiger partial charge in [-0.2, -0.15) is 0 Å². The molecule has 1 heterocycles. The molecule has 1 aliphatic carbocycles. The van der Waals surface area contributed by atoms with Gasteiger partial charge in [0.2, 0.25) is 0 Å². The highest BCUT2D eigenvalue weighted by Crippen LogP contribution is 2.25. The topological polar surface area (TPSA) is 72.0 Å². The molecular formula is C9H15N3O2S2. The largest absolute Gasteiger partial charge is 0.308 e. The van der Waals surface area contributed by atoms with Gasteiger partial charge >= 0.3 is 0 Å². The summed E-state index contributed by atoms with van der Waals surface area (Å²) in [6.45, 7) is 2.34. The summed E-state index contributed by atoms with van der Waals surface area (Å²) in [5, 5.41) is 12.1. The number of sulfone groups is 1. The fraction of sp³-hybridized carbons (Fsp3) is 0.778. The standard InChI is InChI=1S/C9H15N3O2S2/c1-6(16(2,13)14)9-12-11-8(15-9)5-10-7-3-4-7/h6-7,10H,3-5H2,1-2H3. The van der Waals surface area contributed by atoms with E-state index < -0.39 is 15.1 Å². The van der Waals surface area contributed by atoms with Crippen LogP contribution in [0.25, 0.3) is 0 Å². The molecular weight excluding hydrogens is 246 g/mol. The molecule has 5 nitrogen and oxygen atoms in total. The summed E-state index contributed by atoms with van der Waals surface area (Å²) in [5.41, 5.74) is 0. The normalized spacial score (nSPS) is 18.6. The average molecular weight is 261 g/mol. The molecule has 0 saturated heterocycles. The number of nitrogens with zero attached hydrogens (tertiary/aromatic N) is 2. The SMILES string of the molecule is CC(c1nnc(CNC2CC2)s1)S(C)(=O)=O. The number of hydrogen-bond donors (Lipinski definition) is 1. The van der Waals surface area contributed by atoms with Crippen molar-refractivity contribution in [3.8, 4) is 0 Å². The summed E-state index contributed by atoms with van der Waals surface area (Å²) in [5.74, 6) is 0. The maximum Gasteiger partial charge on any atom is 0.156 e. The van der Waals surface area contributed by atoms with Crippen LogP contribution in [-0.2, 0) is 16.4 Å². The highest BCUT2D eigenvalue weighted by Gasteiger charge is 2.23. The van der Waals surface area contributed by atoms with Gasteiger partial charge in [0, 0.05) is 18.8 Å². The van der Waals surface area contributed by atoms with Crippen molar-refractivity contribution >= 4 is 21.2 Å². The first-order valence-corrected chi connectivity index (χ1v) is 7.98. The van der Waals surface area contributed by atoms with Gasteiger partial charge in [0.25, 0.3) is 0 Å². The van der Waals surface area contributed by atoms with E-state index in [0.29, 0.717) is 17.6 Å². The Labute approximate surface area is 99.2 Å². The van der Waals surface area contributed by atoms with Crippen molar-refractivity contribution in [2.45, 2.75) is 37.6 Å². The number of rotatable bonds is 5. The van der Waals surface area contributed by atoms with Gasteiger partial charge in [0.1, 0.15) is 15.3 Å². The Kier molecular flexibility index (Phi) is 3.27. The summed E-state index contributed by atoms with van der Waals surface area (Å²) in [6, 6.07) is 0.625. The Hall–Kier alpha value is -0.530. The molecule has 0 radical (unpaired) electrons. The smallest absolute Gasteiger partial charge is 0.156 e. The van der Waals surface area contributed by atoms with Crippen molar-refractivity contribution in [1.82, 2.24) is 15.5 Å². The van der Waals surface area contributed by atoms with Gasteiger partial charge in [0.15, 0.2) is 9.84 Å². The van der Waals surface area contributed by atoms with Gasteiger partial charge in [-0.1, -0.05) is 11.3 Å². The molecule has 1 aromatic rings. The first kappa shape index (κ1) is 11.9. The Morgan fingerprint density at radius 1 is 1.50 bits per heavy atom. The molecule has 90 valence electrons. The first-order chi connectivity index (χ1) is 7.47. The molecule has 0 aliphatic heterocycles. The molecule has 0 amide bonds. The Bertz CT molecular complexity index is 465. The van der Waals surface area contributed by atoms with Crippen LogP contribution < -0.4 is 5.32 Å². The van der Waals surface area contributed by atoms with Gasteiger partial charge in [-0.3, -0.25) is 0 Å². The number of aromatic nitrogens is 2. The van der Waals surface area contributed by atoms with E-state index in [1.807, 2.05) is 0 Å². The molecule has 1 N–H and O–H groups in total. The fourth-order valence-corrected chi connectivity index (χ4v) is 3.01. The summed E-state index contributed by atoms with van der Waals surface area (Å²) >= 11 is 1.37. The molecule has 0 aromatic carbocycles. The molecule has 16 heavy (non-hydrogen) atoms. The molecule has 1 atom stereocenters. The molecule has 1 aliphatic rings. The lowest BCUT2D eigenvalue weighted by Gasteiger charge is -2.02. The lowest BCUT2D eigenvalue weighted by Crippen LogP contribution is -2.14. The third-order valence-corrected chi connectivity index (χ3v) is 5.35. The first-order valence-electron chi connectivity index (χ1n) is 5.21. The average Bonchev–Trinajstić information content (AvgIpc) is 2.91. The van der Waals surface area contributed by atoms with E-state index in [1.54, 1.807) is 6.92 Å². The highest BCUT2D eigenvalue weighted by molar-refractivity contribution is 7.91. The summed E-state index contributed by atoms with van der Waals surface area (Å²) in [7, 11) is -3.07. The van der Waals surface area contributed by atoms with E-state index in [4.69, 9.17) is 0 Å². The second-order valence-corrected chi connectivity index (χ2v) is 7.62. The van der Waals surface area contributed by atoms with E-state index in [2.05, 4.69) is 15.5 Å². The van der Waals surface area contributed by atoms with Crippen molar-refractivity contribution < 1.29 is 8.42 Å². The van der Waals surface area contributed by atoms with Gasteiger partial charge in [-0.15, -0.1) is 10.2 Å². The lowest BCUT2D eigenvalue weighted by atomic mass is 10.5. The molecule has 1 fully saturated rings. The second-order valence-electron chi connectivity index (χ2n) is 4.16. The van der Waals surface area contributed by atoms with Crippen LogP contribution in [0, 0.1) is 0 Å². The van der Waals surface area contributed by atoms with Crippen molar-refractivity contribution in [2.75, 3.05) is 6.26 Å². The van der Waals surface area contributed by atoms with E-state index in [9.17, 15) is 8.42 Å². The predicted molar refractivity (Wildman–Crippen MR) is 63.0 cm³/mol. The van der Waals surface area contributed by atoms with Crippen molar-refractivity contribution in [2.24, 2.45) is 0 Å². The molecule has 2 rings (SSSR count). The van der Waals surface area contributed by atoms with Crippen LogP contribution in [-0.4, -0.2) is 30.9 Å². The summed E-state index contributed by atoms with van der Waals surface area (Å²) < 4.78 is 22.7. The van der Waals surface area contributed by atoms with Crippen molar-refractivity contribution in [1.29, 1.82) is 0 Å². The third kappa shape index (κ3) is 2.99. The maximum absolute atomic E-state index is 11.3. The van der Waals surface area contributed by atoms with Crippen molar-refractivity contribution in [3.05, 3.63) is 10.0 Å². The molecule has 1 aromatic heterocycles. The summed E-state index contributed by atoms with van der Waals surface area (Å²) in [6.07, 6.45) is 3.68. The zero-order valence-corrected chi connectivity index (χ0v) is 10.9. The third-order valence-electron chi connectivity index (χ3n) is 2.59. The molecule has 1 saturated carbocycles. The highest BCUT2D eigenvalue weighted by atomic mass is 32.2. The fourth-order valence-electron chi connectivity index (χ4n) is 1.20. The van der Waals surface area contributed by atoms with Crippen LogP contribution in [0.3, 0.4) is 0 Å². The zero-order chi connectivity index (χ0) is 11.8. The minimum atomic E-state index is -3.07. The van der Waals surface area contributed by atoms with E-state index in [0.717, 1.165) is 5.01 Å². The van der Waals surface area contributed by atoms with E-state index in [-0.39, 0.29) is 0 Å². The van der Waals surface area contributed by atoms with Crippen LogP contribution >= 0.6 is 11.3 Å². The molecule has 1 unspecified atom stereocenters. The van der Waals surface area contributed by atoms with Crippen LogP contribution in [0.5, 0.6) is 0 Å². The van der Waals surface area contributed by atoms with Crippen LogP contribution in [0.4, 0.5) is 0 Å². The van der Waals surface area contributed by atoms with Gasteiger partial charge in [-0.05, 0) is 19.8 Å². The van der Waals surface area contributed by atoms with Crippen molar-refractivity contribution in [3.63, 3.8) is 0 Å². The minimum Gasteiger partial charge on any atom is -0.308 e. The quantitative estimate of drug-likeness (QED) is 0.852. The molecule has 0 spiro atoms. The second kappa shape index (κ2) is 4.38. The monoisotopic (exact) mass is 261 g/mol. The van der Waals surface area contributed by atoms with Crippen LogP contribution in [0.15, 0.2) is 0 Å². The summed E-state index contributed by atoms with van der Waals surface area (Å²) in [4.78, 5) is 0. The molecule has 7 heteroatoms. The van der Waals surface area contributed by atoms with Gasteiger partial charge in [-0.25, -0.2) is 8.42 Å². The van der Waals surface area contributed by atoms with E-state index >= 15 is 0 Å². The van der Waals surface area contributed by atoms with E-state index in [1.165, 1.54) is 30.4 Å². The maximum atomic E-state index is 11.3. The Morgan fingerprint density at radius 3 is 2.75 bits per heavy atom. The zero-order valence-electron chi connectivity index (χ0n) is 9.30. The lowest BCUT2D eigenvalue weighted by molar-refractivity contribution is 0.591. The number of nitrogens with one attached hydrogen (secondary N) is 1. The minimum absolute atomic E-state index is 0.556. The van der Waals surface area contributed by atoms with Gasteiger partial charge < -0.3 is 5.32 Å². The predicted octanol–water partition coefficient (Wildman–Crippen LogP) is 0.896. The van der Waals surface area contributed by atoms with Gasteiger partial charge in [0.05, 0.1) is 0 Å². The Morgan fingerprint density at radius 2 is 2.19 bits per heavy atom. The van der Waals surface area contributed by atoms with Crippen LogP contribution in [0.2, 0.25) is 0 Å². The molecule has 0 bridgehead atoms. The van der Waals surface area contributed by atoms with Crippen LogP contribution in [0.1, 0.15) is 35.0 Å². The number of hydrogen-bond acceptors (Lipinski definition) is 6.